The minimum Gasteiger partial charge on any atom is -0.444 e. The minimum absolute atomic E-state index is 0.00806. The maximum absolute atomic E-state index is 14.0. The number of H-pyrrole nitrogens is 1. The first-order valence-electron chi connectivity index (χ1n) is 9.22. The summed E-state index contributed by atoms with van der Waals surface area (Å²) in [4.78, 5) is 19.8. The first-order chi connectivity index (χ1) is 13.9. The van der Waals surface area contributed by atoms with Crippen LogP contribution in [0.3, 0.4) is 0 Å². The van der Waals surface area contributed by atoms with Crippen molar-refractivity contribution < 1.29 is 27.1 Å². The van der Waals surface area contributed by atoms with E-state index in [1.807, 2.05) is 6.07 Å². The third kappa shape index (κ3) is 5.28. The van der Waals surface area contributed by atoms with E-state index in [4.69, 9.17) is 4.74 Å². The number of amides is 1. The number of ether oxygens (including phenoxy) is 1. The molecule has 1 atom stereocenters. The van der Waals surface area contributed by atoms with E-state index in [1.54, 1.807) is 39.0 Å². The molecule has 0 fully saturated rings. The van der Waals surface area contributed by atoms with Gasteiger partial charge < -0.3 is 15.0 Å². The fourth-order valence-corrected chi connectivity index (χ4v) is 2.95. The van der Waals surface area contributed by atoms with Crippen LogP contribution >= 0.6 is 0 Å². The molecular formula is C21H21F4N3O2. The number of rotatable bonds is 4. The van der Waals surface area contributed by atoms with E-state index in [-0.39, 0.29) is 12.0 Å². The number of carbonyl (C=O) groups excluding carboxylic acids is 1. The van der Waals surface area contributed by atoms with Gasteiger partial charge in [-0.2, -0.15) is 13.2 Å². The molecule has 0 aliphatic carbocycles. The van der Waals surface area contributed by atoms with E-state index in [0.29, 0.717) is 17.4 Å². The number of aromatic nitrogens is 2. The number of hydrogen-bond donors (Lipinski definition) is 2. The number of nitrogens with zero attached hydrogens (tertiary/aromatic N) is 1. The van der Waals surface area contributed by atoms with Gasteiger partial charge in [0.1, 0.15) is 17.2 Å². The average molecular weight is 423 g/mol. The molecule has 0 bridgehead atoms. The molecule has 1 amide bonds. The van der Waals surface area contributed by atoms with Crippen LogP contribution in [0, 0.1) is 5.82 Å². The molecule has 2 aromatic carbocycles. The Bertz CT molecular complexity index is 1020. The molecule has 0 saturated carbocycles. The predicted molar refractivity (Wildman–Crippen MR) is 103 cm³/mol. The van der Waals surface area contributed by atoms with E-state index in [1.165, 1.54) is 6.07 Å². The third-order valence-electron chi connectivity index (χ3n) is 4.21. The lowest BCUT2D eigenvalue weighted by atomic mass is 10.0. The average Bonchev–Trinajstić information content (AvgIpc) is 3.02. The van der Waals surface area contributed by atoms with E-state index < -0.39 is 35.3 Å². The molecule has 0 radical (unpaired) electrons. The number of nitrogens with one attached hydrogen (secondary N) is 2. The Morgan fingerprint density at radius 1 is 1.17 bits per heavy atom. The van der Waals surface area contributed by atoms with Crippen LogP contribution in [0.4, 0.5) is 22.4 Å². The van der Waals surface area contributed by atoms with Gasteiger partial charge >= 0.3 is 12.3 Å². The van der Waals surface area contributed by atoms with Crippen LogP contribution in [0.5, 0.6) is 0 Å². The highest BCUT2D eigenvalue weighted by molar-refractivity contribution is 5.75. The maximum Gasteiger partial charge on any atom is 0.419 e. The number of para-hydroxylation sites is 2. The first-order valence-corrected chi connectivity index (χ1v) is 9.22. The Labute approximate surface area is 170 Å². The molecular weight excluding hydrogens is 402 g/mol. The molecule has 1 aromatic heterocycles. The summed E-state index contributed by atoms with van der Waals surface area (Å²) in [6.45, 7) is 5.11. The van der Waals surface area contributed by atoms with Gasteiger partial charge in [-0.15, -0.1) is 0 Å². The van der Waals surface area contributed by atoms with E-state index in [2.05, 4.69) is 15.3 Å². The topological polar surface area (TPSA) is 67.0 Å². The Kier molecular flexibility index (Phi) is 5.74. The van der Waals surface area contributed by atoms with Crippen molar-refractivity contribution in [2.75, 3.05) is 0 Å². The largest absolute Gasteiger partial charge is 0.444 e. The molecule has 3 rings (SSSR count). The lowest BCUT2D eigenvalue weighted by Crippen LogP contribution is -2.36. The Hall–Kier alpha value is -3.10. The number of carbonyl (C=O) groups is 1. The van der Waals surface area contributed by atoms with E-state index >= 15 is 0 Å². The van der Waals surface area contributed by atoms with Crippen LogP contribution in [0.1, 0.15) is 43.8 Å². The zero-order chi connectivity index (χ0) is 22.1. The van der Waals surface area contributed by atoms with Crippen molar-refractivity contribution in [1.82, 2.24) is 15.3 Å². The Balaban J connectivity index is 1.91. The van der Waals surface area contributed by atoms with Crippen molar-refractivity contribution in [3.63, 3.8) is 0 Å². The first kappa shape index (κ1) is 21.6. The lowest BCUT2D eigenvalue weighted by molar-refractivity contribution is -0.140. The number of hydrogen-bond acceptors (Lipinski definition) is 3. The van der Waals surface area contributed by atoms with Gasteiger partial charge in [0.2, 0.25) is 0 Å². The monoisotopic (exact) mass is 423 g/mol. The van der Waals surface area contributed by atoms with Crippen molar-refractivity contribution in [3.8, 4) is 0 Å². The zero-order valence-electron chi connectivity index (χ0n) is 16.6. The molecule has 30 heavy (non-hydrogen) atoms. The Morgan fingerprint density at radius 2 is 1.87 bits per heavy atom. The van der Waals surface area contributed by atoms with Gasteiger partial charge in [-0.05, 0) is 50.6 Å². The highest BCUT2D eigenvalue weighted by atomic mass is 19.4. The van der Waals surface area contributed by atoms with Gasteiger partial charge in [-0.3, -0.25) is 0 Å². The highest BCUT2D eigenvalue weighted by Crippen LogP contribution is 2.32. The molecule has 0 saturated heterocycles. The second-order valence-corrected chi connectivity index (χ2v) is 7.85. The van der Waals surface area contributed by atoms with E-state index in [9.17, 15) is 22.4 Å². The zero-order valence-corrected chi connectivity index (χ0v) is 16.6. The standard InChI is InChI=1S/C21H21F4N3O2/c1-20(2,3)30-19(29)28-17(18-26-15-6-4-5-7-16(15)27-18)11-12-8-9-13(14(22)10-12)21(23,24)25/h4-10,17H,11H2,1-3H3,(H,26,27)(H,28,29). The summed E-state index contributed by atoms with van der Waals surface area (Å²) in [5, 5.41) is 2.66. The number of imidazole rings is 1. The van der Waals surface area contributed by atoms with Crippen molar-refractivity contribution in [1.29, 1.82) is 0 Å². The fourth-order valence-electron chi connectivity index (χ4n) is 2.95. The second kappa shape index (κ2) is 7.97. The number of halogens is 4. The van der Waals surface area contributed by atoms with Gasteiger partial charge in [-0.25, -0.2) is 14.2 Å². The fraction of sp³-hybridized carbons (Fsp3) is 0.333. The Morgan fingerprint density at radius 3 is 2.47 bits per heavy atom. The number of benzene rings is 2. The van der Waals surface area contributed by atoms with Crippen molar-refractivity contribution >= 4 is 17.1 Å². The van der Waals surface area contributed by atoms with Crippen LogP contribution in [-0.4, -0.2) is 21.7 Å². The van der Waals surface area contributed by atoms with Crippen molar-refractivity contribution in [2.24, 2.45) is 0 Å². The summed E-state index contributed by atoms with van der Waals surface area (Å²) < 4.78 is 57.8. The normalized spacial score (nSPS) is 13.3. The molecule has 1 unspecified atom stereocenters. The summed E-state index contributed by atoms with van der Waals surface area (Å²) in [6, 6.07) is 9.09. The molecule has 2 N–H and O–H groups in total. The van der Waals surface area contributed by atoms with Crippen molar-refractivity contribution in [3.05, 3.63) is 65.2 Å². The second-order valence-electron chi connectivity index (χ2n) is 7.85. The minimum atomic E-state index is -4.78. The van der Waals surface area contributed by atoms with Gasteiger partial charge in [0.05, 0.1) is 22.6 Å². The third-order valence-corrected chi connectivity index (χ3v) is 4.21. The van der Waals surface area contributed by atoms with Crippen LogP contribution < -0.4 is 5.32 Å². The number of alkyl halides is 3. The molecule has 160 valence electrons. The number of fused-ring (bicyclic) bond motifs is 1. The molecule has 9 heteroatoms. The van der Waals surface area contributed by atoms with Crippen LogP contribution in [0.25, 0.3) is 11.0 Å². The molecule has 5 nitrogen and oxygen atoms in total. The summed E-state index contributed by atoms with van der Waals surface area (Å²) in [7, 11) is 0. The number of alkyl carbamates (subject to hydrolysis) is 1. The lowest BCUT2D eigenvalue weighted by Gasteiger charge is -2.23. The van der Waals surface area contributed by atoms with Crippen LogP contribution in [0.15, 0.2) is 42.5 Å². The molecule has 1 heterocycles. The molecule has 3 aromatic rings. The molecule has 0 aliphatic heterocycles. The smallest absolute Gasteiger partial charge is 0.419 e. The van der Waals surface area contributed by atoms with Gasteiger partial charge in [0.25, 0.3) is 0 Å². The van der Waals surface area contributed by atoms with Crippen LogP contribution in [0.2, 0.25) is 0 Å². The summed E-state index contributed by atoms with van der Waals surface area (Å²) in [5.41, 5.74) is -0.444. The van der Waals surface area contributed by atoms with E-state index in [0.717, 1.165) is 11.6 Å². The summed E-state index contributed by atoms with van der Waals surface area (Å²) >= 11 is 0. The van der Waals surface area contributed by atoms with Crippen molar-refractivity contribution in [2.45, 2.75) is 45.0 Å². The predicted octanol–water partition coefficient (Wildman–Crippen LogP) is 5.53. The highest BCUT2D eigenvalue weighted by Gasteiger charge is 2.34. The quantitative estimate of drug-likeness (QED) is 0.543. The SMILES string of the molecule is CC(C)(C)OC(=O)NC(Cc1ccc(C(F)(F)F)c(F)c1)c1nc2ccccc2[nH]1. The van der Waals surface area contributed by atoms with Gasteiger partial charge in [0, 0.05) is 6.42 Å². The van der Waals surface area contributed by atoms with Gasteiger partial charge in [-0.1, -0.05) is 18.2 Å². The maximum atomic E-state index is 14.0. The number of aromatic amines is 1. The van der Waals surface area contributed by atoms with Gasteiger partial charge in [0.15, 0.2) is 0 Å². The molecule has 0 aliphatic rings. The molecule has 0 spiro atoms. The van der Waals surface area contributed by atoms with Crippen LogP contribution in [-0.2, 0) is 17.3 Å². The summed E-state index contributed by atoms with van der Waals surface area (Å²) in [6.07, 6.45) is -5.50. The summed E-state index contributed by atoms with van der Waals surface area (Å²) in [5.74, 6) is -0.997.